The predicted molar refractivity (Wildman–Crippen MR) is 100 cm³/mol. The fourth-order valence-electron chi connectivity index (χ4n) is 3.08. The third kappa shape index (κ3) is 4.17. The lowest BCUT2D eigenvalue weighted by atomic mass is 9.93. The second kappa shape index (κ2) is 7.65. The monoisotopic (exact) mass is 376 g/mol. The molecule has 0 amide bonds. The highest BCUT2D eigenvalue weighted by atomic mass is 32.2. The molecule has 9 heteroatoms. The fraction of sp³-hybridized carbons (Fsp3) is 0.471. The van der Waals surface area contributed by atoms with Crippen LogP contribution in [0.5, 0.6) is 0 Å². The van der Waals surface area contributed by atoms with Crippen LogP contribution in [0.3, 0.4) is 0 Å². The molecule has 0 unspecified atom stereocenters. The minimum absolute atomic E-state index is 0.237. The highest BCUT2D eigenvalue weighted by Gasteiger charge is 2.30. The quantitative estimate of drug-likeness (QED) is 0.857. The summed E-state index contributed by atoms with van der Waals surface area (Å²) in [5.41, 5.74) is 2.77. The first-order valence-electron chi connectivity index (χ1n) is 8.56. The van der Waals surface area contributed by atoms with Crippen LogP contribution < -0.4 is 5.32 Å². The third-order valence-corrected chi connectivity index (χ3v) is 6.40. The van der Waals surface area contributed by atoms with Crippen molar-refractivity contribution in [2.24, 2.45) is 0 Å². The summed E-state index contributed by atoms with van der Waals surface area (Å²) in [7, 11) is -0.220. The Hall–Kier alpha value is -2.10. The lowest BCUT2D eigenvalue weighted by Gasteiger charge is -2.32. The standard InChI is InChI=1S/C17H24N6O2S/c1-13-11-15(21-17-18-7-4-8-19-17)12-16(20-13)14-5-9-23(10-6-14)26(24,25)22(2)3/h4,7-8,11-12,14H,5-6,9-10H2,1-3H3,(H,18,19,20,21). The van der Waals surface area contributed by atoms with Gasteiger partial charge in [0.2, 0.25) is 5.95 Å². The van der Waals surface area contributed by atoms with Crippen molar-refractivity contribution in [3.63, 3.8) is 0 Å². The number of hydrogen-bond donors (Lipinski definition) is 1. The van der Waals surface area contributed by atoms with Gasteiger partial charge < -0.3 is 5.32 Å². The molecule has 1 N–H and O–H groups in total. The van der Waals surface area contributed by atoms with Crippen LogP contribution in [0.2, 0.25) is 0 Å². The Bertz CT molecular complexity index is 849. The molecular weight excluding hydrogens is 352 g/mol. The average Bonchev–Trinajstić information content (AvgIpc) is 2.62. The van der Waals surface area contributed by atoms with Gasteiger partial charge in [0.05, 0.1) is 0 Å². The highest BCUT2D eigenvalue weighted by Crippen LogP contribution is 2.30. The summed E-state index contributed by atoms with van der Waals surface area (Å²) < 4.78 is 27.3. The highest BCUT2D eigenvalue weighted by molar-refractivity contribution is 7.86. The van der Waals surface area contributed by atoms with E-state index in [0.717, 1.165) is 29.9 Å². The summed E-state index contributed by atoms with van der Waals surface area (Å²) in [5.74, 6) is 0.775. The third-order valence-electron chi connectivity index (χ3n) is 4.46. The van der Waals surface area contributed by atoms with Gasteiger partial charge in [-0.05, 0) is 38.0 Å². The molecule has 26 heavy (non-hydrogen) atoms. The molecule has 140 valence electrons. The zero-order valence-electron chi connectivity index (χ0n) is 15.3. The van der Waals surface area contributed by atoms with E-state index in [0.29, 0.717) is 19.0 Å². The number of piperidine rings is 1. The van der Waals surface area contributed by atoms with Crippen LogP contribution in [-0.2, 0) is 10.2 Å². The molecule has 1 aliphatic heterocycles. The zero-order chi connectivity index (χ0) is 18.7. The van der Waals surface area contributed by atoms with Gasteiger partial charge in [0.25, 0.3) is 10.2 Å². The van der Waals surface area contributed by atoms with Crippen molar-refractivity contribution in [3.8, 4) is 0 Å². The Kier molecular flexibility index (Phi) is 5.49. The van der Waals surface area contributed by atoms with Crippen LogP contribution in [0.25, 0.3) is 0 Å². The number of rotatable bonds is 5. The van der Waals surface area contributed by atoms with Crippen LogP contribution in [0.4, 0.5) is 11.6 Å². The fourth-order valence-corrected chi connectivity index (χ4v) is 4.22. The van der Waals surface area contributed by atoms with Gasteiger partial charge >= 0.3 is 0 Å². The van der Waals surface area contributed by atoms with Gasteiger partial charge in [-0.15, -0.1) is 0 Å². The van der Waals surface area contributed by atoms with Gasteiger partial charge in [0, 0.05) is 62.6 Å². The molecule has 1 fully saturated rings. The van der Waals surface area contributed by atoms with Gasteiger partial charge in [-0.1, -0.05) is 0 Å². The van der Waals surface area contributed by atoms with E-state index in [1.807, 2.05) is 19.1 Å². The maximum absolute atomic E-state index is 12.3. The number of aryl methyl sites for hydroxylation is 1. The molecule has 1 aliphatic rings. The van der Waals surface area contributed by atoms with Gasteiger partial charge in [-0.25, -0.2) is 9.97 Å². The van der Waals surface area contributed by atoms with Gasteiger partial charge in [0.15, 0.2) is 0 Å². The predicted octanol–water partition coefficient (Wildman–Crippen LogP) is 1.91. The second-order valence-corrected chi connectivity index (χ2v) is 8.73. The molecule has 8 nitrogen and oxygen atoms in total. The van der Waals surface area contributed by atoms with Crippen molar-refractivity contribution in [1.82, 2.24) is 23.6 Å². The molecule has 0 spiro atoms. The van der Waals surface area contributed by atoms with Crippen molar-refractivity contribution < 1.29 is 8.42 Å². The van der Waals surface area contributed by atoms with Crippen molar-refractivity contribution in [3.05, 3.63) is 42.0 Å². The Labute approximate surface area is 154 Å². The summed E-state index contributed by atoms with van der Waals surface area (Å²) >= 11 is 0. The summed E-state index contributed by atoms with van der Waals surface area (Å²) in [6.07, 6.45) is 4.88. The van der Waals surface area contributed by atoms with E-state index in [-0.39, 0.29) is 5.92 Å². The zero-order valence-corrected chi connectivity index (χ0v) is 16.1. The molecule has 2 aromatic heterocycles. The lowest BCUT2D eigenvalue weighted by Crippen LogP contribution is -2.44. The normalized spacial score (nSPS) is 16.8. The molecule has 3 heterocycles. The smallest absolute Gasteiger partial charge is 0.281 e. The number of nitrogens with zero attached hydrogens (tertiary/aromatic N) is 5. The topological polar surface area (TPSA) is 91.3 Å². The molecule has 0 radical (unpaired) electrons. The lowest BCUT2D eigenvalue weighted by molar-refractivity contribution is 0.300. The van der Waals surface area contributed by atoms with Crippen LogP contribution in [-0.4, -0.2) is 59.2 Å². The van der Waals surface area contributed by atoms with E-state index in [4.69, 9.17) is 0 Å². The van der Waals surface area contributed by atoms with Crippen LogP contribution >= 0.6 is 0 Å². The van der Waals surface area contributed by atoms with E-state index >= 15 is 0 Å². The van der Waals surface area contributed by atoms with Crippen LogP contribution in [0.1, 0.15) is 30.1 Å². The van der Waals surface area contributed by atoms with Crippen LogP contribution in [0, 0.1) is 6.92 Å². The summed E-state index contributed by atoms with van der Waals surface area (Å²) in [6.45, 7) is 2.96. The Morgan fingerprint density at radius 3 is 2.42 bits per heavy atom. The molecule has 0 atom stereocenters. The first-order valence-corrected chi connectivity index (χ1v) is 9.96. The second-order valence-electron chi connectivity index (χ2n) is 6.58. The molecular formula is C17H24N6O2S. The van der Waals surface area contributed by atoms with E-state index in [1.165, 1.54) is 8.61 Å². The maximum atomic E-state index is 12.3. The number of hydrogen-bond acceptors (Lipinski definition) is 6. The Morgan fingerprint density at radius 1 is 1.15 bits per heavy atom. The average molecular weight is 376 g/mol. The number of pyridine rings is 1. The Morgan fingerprint density at radius 2 is 1.81 bits per heavy atom. The van der Waals surface area contributed by atoms with E-state index in [1.54, 1.807) is 32.6 Å². The number of anilines is 2. The minimum atomic E-state index is -3.35. The van der Waals surface area contributed by atoms with Crippen LogP contribution in [0.15, 0.2) is 30.6 Å². The van der Waals surface area contributed by atoms with Gasteiger partial charge in [-0.2, -0.15) is 17.0 Å². The number of aromatic nitrogens is 3. The van der Waals surface area contributed by atoms with Gasteiger partial charge in [-0.3, -0.25) is 4.98 Å². The molecule has 1 saturated heterocycles. The minimum Gasteiger partial charge on any atom is -0.324 e. The molecule has 0 aliphatic carbocycles. The Balaban J connectivity index is 1.73. The molecule has 2 aromatic rings. The molecule has 0 aromatic carbocycles. The van der Waals surface area contributed by atoms with E-state index in [2.05, 4.69) is 20.3 Å². The maximum Gasteiger partial charge on any atom is 0.281 e. The summed E-state index contributed by atoms with van der Waals surface area (Å²) in [4.78, 5) is 13.0. The van der Waals surface area contributed by atoms with Gasteiger partial charge in [0.1, 0.15) is 0 Å². The summed E-state index contributed by atoms with van der Waals surface area (Å²) in [5, 5.41) is 3.20. The molecule has 0 bridgehead atoms. The largest absolute Gasteiger partial charge is 0.324 e. The number of nitrogens with one attached hydrogen (secondary N) is 1. The first-order chi connectivity index (χ1) is 12.4. The SMILES string of the molecule is Cc1cc(Nc2ncccn2)cc(C2CCN(S(=O)(=O)N(C)C)CC2)n1. The molecule has 0 saturated carbocycles. The van der Waals surface area contributed by atoms with Crippen molar-refractivity contribution >= 4 is 21.8 Å². The van der Waals surface area contributed by atoms with E-state index < -0.39 is 10.2 Å². The first kappa shape index (κ1) is 18.7. The van der Waals surface area contributed by atoms with Crippen molar-refractivity contribution in [2.45, 2.75) is 25.7 Å². The molecule has 3 rings (SSSR count). The summed E-state index contributed by atoms with van der Waals surface area (Å²) in [6, 6.07) is 5.72. The van der Waals surface area contributed by atoms with E-state index in [9.17, 15) is 8.42 Å². The van der Waals surface area contributed by atoms with Crippen molar-refractivity contribution in [2.75, 3.05) is 32.5 Å². The van der Waals surface area contributed by atoms with Crippen molar-refractivity contribution in [1.29, 1.82) is 0 Å².